The lowest BCUT2D eigenvalue weighted by molar-refractivity contribution is 0.0953. The molecule has 1 amide bonds. The minimum atomic E-state index is -0.209. The topological polar surface area (TPSA) is 85.8 Å². The standard InChI is InChI=1S/C21H27ClN4O2.HI/c1-3-23-21(26-15(2)16-7-4-9-18(22)13-16)25-12-6-11-24-20(28)17-8-5-10-19(27)14-17;/h4-5,7-10,13-15,27H,3,6,11-12H2,1-2H3,(H,24,28)(H2,23,25,26);1H. The van der Waals surface area contributed by atoms with Crippen LogP contribution in [-0.2, 0) is 0 Å². The van der Waals surface area contributed by atoms with Crippen LogP contribution in [0.4, 0.5) is 0 Å². The number of phenols is 1. The number of hydrogen-bond donors (Lipinski definition) is 4. The Balaban J connectivity index is 0.00000420. The van der Waals surface area contributed by atoms with Crippen LogP contribution in [-0.4, -0.2) is 36.6 Å². The number of aromatic hydroxyl groups is 1. The molecule has 6 nitrogen and oxygen atoms in total. The summed E-state index contributed by atoms with van der Waals surface area (Å²) in [4.78, 5) is 16.6. The molecule has 0 fully saturated rings. The van der Waals surface area contributed by atoms with E-state index in [1.54, 1.807) is 12.1 Å². The van der Waals surface area contributed by atoms with Crippen molar-refractivity contribution in [3.63, 3.8) is 0 Å². The van der Waals surface area contributed by atoms with Crippen LogP contribution in [0.15, 0.2) is 53.5 Å². The average Bonchev–Trinajstić information content (AvgIpc) is 2.67. The zero-order valence-electron chi connectivity index (χ0n) is 16.6. The lowest BCUT2D eigenvalue weighted by atomic mass is 10.1. The zero-order chi connectivity index (χ0) is 20.4. The van der Waals surface area contributed by atoms with Gasteiger partial charge in [-0.05, 0) is 56.2 Å². The summed E-state index contributed by atoms with van der Waals surface area (Å²) in [6, 6.07) is 14.1. The van der Waals surface area contributed by atoms with E-state index in [0.717, 1.165) is 12.1 Å². The van der Waals surface area contributed by atoms with Gasteiger partial charge in [-0.3, -0.25) is 9.79 Å². The summed E-state index contributed by atoms with van der Waals surface area (Å²) in [7, 11) is 0. The summed E-state index contributed by atoms with van der Waals surface area (Å²) >= 11 is 6.06. The molecule has 2 rings (SSSR count). The fourth-order valence-electron chi connectivity index (χ4n) is 2.61. The Morgan fingerprint density at radius 2 is 1.93 bits per heavy atom. The molecule has 2 aromatic carbocycles. The van der Waals surface area contributed by atoms with Crippen molar-refractivity contribution in [2.24, 2.45) is 4.99 Å². The molecule has 0 bridgehead atoms. The highest BCUT2D eigenvalue weighted by molar-refractivity contribution is 14.0. The SMILES string of the molecule is CCNC(=NCCCNC(=O)c1cccc(O)c1)NC(C)c1cccc(Cl)c1.I. The number of phenolic OH excluding ortho intramolecular Hbond substituents is 1. The summed E-state index contributed by atoms with van der Waals surface area (Å²) in [5, 5.41) is 19.5. The van der Waals surface area contributed by atoms with Crippen LogP contribution >= 0.6 is 35.6 Å². The van der Waals surface area contributed by atoms with E-state index < -0.39 is 0 Å². The van der Waals surface area contributed by atoms with Gasteiger partial charge < -0.3 is 21.1 Å². The lowest BCUT2D eigenvalue weighted by Gasteiger charge is -2.18. The molecule has 29 heavy (non-hydrogen) atoms. The number of carbonyl (C=O) groups is 1. The third-order valence-corrected chi connectivity index (χ3v) is 4.28. The number of nitrogens with one attached hydrogen (secondary N) is 3. The van der Waals surface area contributed by atoms with Crippen LogP contribution in [0.3, 0.4) is 0 Å². The lowest BCUT2D eigenvalue weighted by Crippen LogP contribution is -2.39. The highest BCUT2D eigenvalue weighted by Gasteiger charge is 2.08. The summed E-state index contributed by atoms with van der Waals surface area (Å²) in [6.45, 7) is 5.88. The maximum absolute atomic E-state index is 12.0. The molecular formula is C21H28ClIN4O2. The zero-order valence-corrected chi connectivity index (χ0v) is 19.7. The Kier molecular flexibility index (Phi) is 11.5. The molecule has 0 saturated carbocycles. The smallest absolute Gasteiger partial charge is 0.251 e. The first-order valence-corrected chi connectivity index (χ1v) is 9.75. The second kappa shape index (κ2) is 13.3. The van der Waals surface area contributed by atoms with Crippen LogP contribution in [0.25, 0.3) is 0 Å². The van der Waals surface area contributed by atoms with Crippen molar-refractivity contribution in [3.05, 3.63) is 64.7 Å². The van der Waals surface area contributed by atoms with E-state index in [9.17, 15) is 9.90 Å². The van der Waals surface area contributed by atoms with Crippen molar-refractivity contribution in [1.29, 1.82) is 0 Å². The molecule has 0 saturated heterocycles. The van der Waals surface area contributed by atoms with E-state index in [1.165, 1.54) is 12.1 Å². The Morgan fingerprint density at radius 1 is 1.17 bits per heavy atom. The van der Waals surface area contributed by atoms with Crippen LogP contribution < -0.4 is 16.0 Å². The Bertz CT molecular complexity index is 817. The molecular weight excluding hydrogens is 503 g/mol. The highest BCUT2D eigenvalue weighted by atomic mass is 127. The van der Waals surface area contributed by atoms with Crippen molar-refractivity contribution in [3.8, 4) is 5.75 Å². The van der Waals surface area contributed by atoms with Gasteiger partial charge in [0.15, 0.2) is 5.96 Å². The minimum Gasteiger partial charge on any atom is -0.508 e. The van der Waals surface area contributed by atoms with Crippen LogP contribution in [0, 0.1) is 0 Å². The number of amides is 1. The van der Waals surface area contributed by atoms with Crippen molar-refractivity contribution in [2.75, 3.05) is 19.6 Å². The maximum Gasteiger partial charge on any atom is 0.251 e. The van der Waals surface area contributed by atoms with E-state index >= 15 is 0 Å². The number of guanidine groups is 1. The molecule has 0 aromatic heterocycles. The first kappa shape index (κ1) is 25.0. The van der Waals surface area contributed by atoms with Gasteiger partial charge in [-0.1, -0.05) is 29.8 Å². The van der Waals surface area contributed by atoms with E-state index in [0.29, 0.717) is 36.1 Å². The van der Waals surface area contributed by atoms with Crippen LogP contribution in [0.2, 0.25) is 5.02 Å². The van der Waals surface area contributed by atoms with Gasteiger partial charge in [-0.2, -0.15) is 0 Å². The predicted molar refractivity (Wildman–Crippen MR) is 129 cm³/mol. The van der Waals surface area contributed by atoms with Crippen LogP contribution in [0.1, 0.15) is 42.2 Å². The number of rotatable bonds is 8. The molecule has 1 atom stereocenters. The number of aliphatic imine (C=N–C) groups is 1. The number of halogens is 2. The summed E-state index contributed by atoms with van der Waals surface area (Å²) in [6.07, 6.45) is 0.701. The second-order valence-corrected chi connectivity index (χ2v) is 6.78. The molecule has 1 unspecified atom stereocenters. The monoisotopic (exact) mass is 530 g/mol. The molecule has 0 aliphatic carbocycles. The molecule has 0 aliphatic rings. The molecule has 0 aliphatic heterocycles. The van der Waals surface area contributed by atoms with Gasteiger partial charge in [0, 0.05) is 30.2 Å². The van der Waals surface area contributed by atoms with Gasteiger partial charge >= 0.3 is 0 Å². The summed E-state index contributed by atoms with van der Waals surface area (Å²) in [5.41, 5.74) is 1.52. The number of carbonyl (C=O) groups excluding carboxylic acids is 1. The molecule has 2 aromatic rings. The van der Waals surface area contributed by atoms with Gasteiger partial charge in [0.25, 0.3) is 5.91 Å². The Morgan fingerprint density at radius 3 is 2.62 bits per heavy atom. The number of nitrogens with zero attached hydrogens (tertiary/aromatic N) is 1. The van der Waals surface area contributed by atoms with Crippen molar-refractivity contribution < 1.29 is 9.90 Å². The van der Waals surface area contributed by atoms with Gasteiger partial charge in [-0.25, -0.2) is 0 Å². The van der Waals surface area contributed by atoms with Gasteiger partial charge in [0.2, 0.25) is 0 Å². The normalized spacial score (nSPS) is 11.9. The average molecular weight is 531 g/mol. The highest BCUT2D eigenvalue weighted by Crippen LogP contribution is 2.17. The molecule has 0 spiro atoms. The van der Waals surface area contributed by atoms with Crippen molar-refractivity contribution in [2.45, 2.75) is 26.3 Å². The quantitative estimate of drug-likeness (QED) is 0.179. The molecule has 4 N–H and O–H groups in total. The summed E-state index contributed by atoms with van der Waals surface area (Å²) < 4.78 is 0. The summed E-state index contributed by atoms with van der Waals surface area (Å²) in [5.74, 6) is 0.584. The van der Waals surface area contributed by atoms with Crippen molar-refractivity contribution in [1.82, 2.24) is 16.0 Å². The van der Waals surface area contributed by atoms with Gasteiger partial charge in [0.05, 0.1) is 6.04 Å². The molecule has 8 heteroatoms. The van der Waals surface area contributed by atoms with E-state index in [2.05, 4.69) is 20.9 Å². The fraction of sp³-hybridized carbons (Fsp3) is 0.333. The van der Waals surface area contributed by atoms with Crippen molar-refractivity contribution >= 4 is 47.4 Å². The largest absolute Gasteiger partial charge is 0.508 e. The Labute approximate surface area is 194 Å². The van der Waals surface area contributed by atoms with Crippen LogP contribution in [0.5, 0.6) is 5.75 Å². The first-order chi connectivity index (χ1) is 13.5. The molecule has 158 valence electrons. The van der Waals surface area contributed by atoms with E-state index in [4.69, 9.17) is 11.6 Å². The Hall–Kier alpha value is -2.00. The second-order valence-electron chi connectivity index (χ2n) is 6.34. The van der Waals surface area contributed by atoms with E-state index in [-0.39, 0.29) is 41.7 Å². The third-order valence-electron chi connectivity index (χ3n) is 4.04. The van der Waals surface area contributed by atoms with Gasteiger partial charge in [0.1, 0.15) is 5.75 Å². The maximum atomic E-state index is 12.0. The number of benzene rings is 2. The minimum absolute atomic E-state index is 0. The predicted octanol–water partition coefficient (Wildman–Crippen LogP) is 4.10. The van der Waals surface area contributed by atoms with Gasteiger partial charge in [-0.15, -0.1) is 24.0 Å². The fourth-order valence-corrected chi connectivity index (χ4v) is 2.80. The number of hydrogen-bond acceptors (Lipinski definition) is 3. The third kappa shape index (κ3) is 8.91. The van der Waals surface area contributed by atoms with E-state index in [1.807, 2.05) is 38.1 Å². The molecule has 0 heterocycles. The molecule has 0 radical (unpaired) electrons. The first-order valence-electron chi connectivity index (χ1n) is 9.37.